The number of aromatic nitrogens is 1. The van der Waals surface area contributed by atoms with Gasteiger partial charge in [-0.05, 0) is 59.2 Å². The Labute approximate surface area is 198 Å². The maximum absolute atomic E-state index is 6.22. The van der Waals surface area contributed by atoms with Gasteiger partial charge in [-0.15, -0.1) is 0 Å². The topological polar surface area (TPSA) is 38.1 Å². The second kappa shape index (κ2) is 8.72. The lowest BCUT2D eigenvalue weighted by Crippen LogP contribution is -1.91. The van der Waals surface area contributed by atoms with Crippen LogP contribution in [0, 0.1) is 0 Å². The van der Waals surface area contributed by atoms with Crippen molar-refractivity contribution >= 4 is 22.5 Å². The zero-order valence-electron chi connectivity index (χ0n) is 18.5. The third-order valence-electron chi connectivity index (χ3n) is 5.89. The van der Waals surface area contributed by atoms with E-state index in [-0.39, 0.29) is 0 Å². The molecule has 0 atom stereocenters. The second-order valence-corrected chi connectivity index (χ2v) is 8.19. The van der Waals surface area contributed by atoms with E-state index in [0.29, 0.717) is 5.89 Å². The number of hydrogen-bond acceptors (Lipinski definition) is 3. The molecule has 3 heteroatoms. The van der Waals surface area contributed by atoms with Crippen molar-refractivity contribution in [2.24, 2.45) is 0 Å². The summed E-state index contributed by atoms with van der Waals surface area (Å²) in [6.07, 6.45) is 0. The Morgan fingerprint density at radius 3 is 1.91 bits per heavy atom. The fourth-order valence-corrected chi connectivity index (χ4v) is 4.19. The highest BCUT2D eigenvalue weighted by atomic mass is 16.3. The monoisotopic (exact) mass is 438 g/mol. The molecule has 0 unspecified atom stereocenters. The van der Waals surface area contributed by atoms with E-state index in [1.165, 1.54) is 11.1 Å². The summed E-state index contributed by atoms with van der Waals surface area (Å²) in [5.41, 5.74) is 9.20. The van der Waals surface area contributed by atoms with Gasteiger partial charge in [0.1, 0.15) is 5.52 Å². The fourth-order valence-electron chi connectivity index (χ4n) is 4.19. The Morgan fingerprint density at radius 1 is 0.500 bits per heavy atom. The highest BCUT2D eigenvalue weighted by Gasteiger charge is 2.13. The minimum atomic E-state index is 0.635. The third kappa shape index (κ3) is 3.96. The Bertz CT molecular complexity index is 1550. The molecule has 0 saturated heterocycles. The quantitative estimate of drug-likeness (QED) is 0.293. The van der Waals surface area contributed by atoms with E-state index in [1.807, 2.05) is 48.5 Å². The Hall–Kier alpha value is -4.63. The van der Waals surface area contributed by atoms with Gasteiger partial charge in [0.05, 0.1) is 0 Å². The number of para-hydroxylation sites is 1. The first-order valence-electron chi connectivity index (χ1n) is 11.3. The van der Waals surface area contributed by atoms with Crippen molar-refractivity contribution in [3.63, 3.8) is 0 Å². The first-order valence-corrected chi connectivity index (χ1v) is 11.3. The summed E-state index contributed by atoms with van der Waals surface area (Å²) >= 11 is 0. The van der Waals surface area contributed by atoms with Gasteiger partial charge in [0.25, 0.3) is 0 Å². The fraction of sp³-hybridized carbons (Fsp3) is 0. The van der Waals surface area contributed by atoms with Gasteiger partial charge in [-0.1, -0.05) is 84.9 Å². The molecule has 1 N–H and O–H groups in total. The van der Waals surface area contributed by atoms with Crippen molar-refractivity contribution in [3.8, 4) is 33.7 Å². The van der Waals surface area contributed by atoms with Crippen molar-refractivity contribution in [2.75, 3.05) is 5.32 Å². The summed E-state index contributed by atoms with van der Waals surface area (Å²) in [4.78, 5) is 4.71. The van der Waals surface area contributed by atoms with Gasteiger partial charge in [-0.2, -0.15) is 0 Å². The number of nitrogens with zero attached hydrogens (tertiary/aromatic N) is 1. The minimum Gasteiger partial charge on any atom is -0.435 e. The number of benzene rings is 5. The number of fused-ring (bicyclic) bond motifs is 1. The Balaban J connectivity index is 1.30. The molecule has 0 spiro atoms. The van der Waals surface area contributed by atoms with Crippen LogP contribution in [0.2, 0.25) is 0 Å². The van der Waals surface area contributed by atoms with Crippen LogP contribution >= 0.6 is 0 Å². The predicted octanol–water partition coefficient (Wildman–Crippen LogP) is 8.57. The van der Waals surface area contributed by atoms with Crippen LogP contribution in [0.5, 0.6) is 0 Å². The van der Waals surface area contributed by atoms with Gasteiger partial charge in [0, 0.05) is 22.5 Å². The summed E-state index contributed by atoms with van der Waals surface area (Å²) in [5.74, 6) is 0.635. The summed E-state index contributed by atoms with van der Waals surface area (Å²) in [5, 5.41) is 3.53. The van der Waals surface area contributed by atoms with Gasteiger partial charge >= 0.3 is 0 Å². The van der Waals surface area contributed by atoms with E-state index in [1.54, 1.807) is 0 Å². The number of anilines is 2. The maximum Gasteiger partial charge on any atom is 0.227 e. The lowest BCUT2D eigenvalue weighted by atomic mass is 10.0. The number of hydrogen-bond donors (Lipinski definition) is 1. The van der Waals surface area contributed by atoms with Gasteiger partial charge < -0.3 is 9.73 Å². The molecule has 0 saturated carbocycles. The SMILES string of the molecule is c1ccc(-c2ccc(Nc3cccc(-c4cccc5nc(-c6ccccc6)oc45)c3)cc2)cc1. The Kier molecular flexibility index (Phi) is 5.13. The average Bonchev–Trinajstić information content (AvgIpc) is 3.35. The highest BCUT2D eigenvalue weighted by Crippen LogP contribution is 2.34. The van der Waals surface area contributed by atoms with Crippen LogP contribution < -0.4 is 5.32 Å². The molecule has 6 aromatic rings. The van der Waals surface area contributed by atoms with Crippen molar-refractivity contribution in [2.45, 2.75) is 0 Å². The van der Waals surface area contributed by atoms with E-state index < -0.39 is 0 Å². The molecule has 0 radical (unpaired) electrons. The maximum atomic E-state index is 6.22. The molecule has 0 bridgehead atoms. The molecule has 0 aliphatic heterocycles. The van der Waals surface area contributed by atoms with E-state index in [4.69, 9.17) is 9.40 Å². The van der Waals surface area contributed by atoms with Crippen LogP contribution in [0.3, 0.4) is 0 Å². The van der Waals surface area contributed by atoms with E-state index in [2.05, 4.69) is 84.2 Å². The highest BCUT2D eigenvalue weighted by molar-refractivity contribution is 5.92. The molecule has 1 aromatic heterocycles. The lowest BCUT2D eigenvalue weighted by molar-refractivity contribution is 0.621. The summed E-state index contributed by atoms with van der Waals surface area (Å²) in [6.45, 7) is 0. The standard InChI is InChI=1S/C31H22N2O/c1-3-9-22(10-4-1)23-17-19-26(20-18-23)32-27-14-7-13-25(21-27)28-15-8-16-29-30(28)34-31(33-29)24-11-5-2-6-12-24/h1-21,32H. The van der Waals surface area contributed by atoms with Crippen LogP contribution in [-0.2, 0) is 0 Å². The smallest absolute Gasteiger partial charge is 0.227 e. The van der Waals surface area contributed by atoms with Crippen LogP contribution in [0.1, 0.15) is 0 Å². The van der Waals surface area contributed by atoms with Gasteiger partial charge in [0.15, 0.2) is 5.58 Å². The molecule has 1 heterocycles. The lowest BCUT2D eigenvalue weighted by Gasteiger charge is -2.10. The molecule has 0 amide bonds. The molecule has 34 heavy (non-hydrogen) atoms. The zero-order chi connectivity index (χ0) is 22.7. The van der Waals surface area contributed by atoms with Gasteiger partial charge in [0.2, 0.25) is 5.89 Å². The largest absolute Gasteiger partial charge is 0.435 e. The zero-order valence-corrected chi connectivity index (χ0v) is 18.5. The van der Waals surface area contributed by atoms with E-state index in [9.17, 15) is 0 Å². The number of oxazole rings is 1. The number of nitrogens with one attached hydrogen (secondary N) is 1. The molecule has 5 aromatic carbocycles. The molecule has 6 rings (SSSR count). The van der Waals surface area contributed by atoms with E-state index >= 15 is 0 Å². The minimum absolute atomic E-state index is 0.635. The van der Waals surface area contributed by atoms with Crippen LogP contribution in [0.15, 0.2) is 132 Å². The van der Waals surface area contributed by atoms with E-state index in [0.717, 1.165) is 39.2 Å². The normalized spacial score (nSPS) is 10.9. The average molecular weight is 439 g/mol. The second-order valence-electron chi connectivity index (χ2n) is 8.19. The molecular formula is C31H22N2O. The molecule has 0 fully saturated rings. The van der Waals surface area contributed by atoms with Crippen molar-refractivity contribution in [3.05, 3.63) is 127 Å². The number of rotatable bonds is 5. The first-order chi connectivity index (χ1) is 16.8. The van der Waals surface area contributed by atoms with Gasteiger partial charge in [-0.25, -0.2) is 4.98 Å². The van der Waals surface area contributed by atoms with Crippen LogP contribution in [0.25, 0.3) is 44.8 Å². The summed E-state index contributed by atoms with van der Waals surface area (Å²) in [7, 11) is 0. The predicted molar refractivity (Wildman–Crippen MR) is 140 cm³/mol. The Morgan fingerprint density at radius 2 is 1.15 bits per heavy atom. The van der Waals surface area contributed by atoms with Crippen LogP contribution in [-0.4, -0.2) is 4.98 Å². The van der Waals surface area contributed by atoms with Crippen molar-refractivity contribution in [1.29, 1.82) is 0 Å². The molecule has 0 aliphatic rings. The summed E-state index contributed by atoms with van der Waals surface area (Å²) < 4.78 is 6.22. The van der Waals surface area contributed by atoms with Crippen molar-refractivity contribution < 1.29 is 4.42 Å². The van der Waals surface area contributed by atoms with Gasteiger partial charge in [-0.3, -0.25) is 0 Å². The first kappa shape index (κ1) is 20.0. The van der Waals surface area contributed by atoms with Crippen LogP contribution in [0.4, 0.5) is 11.4 Å². The summed E-state index contributed by atoms with van der Waals surface area (Å²) in [6, 6.07) is 43.4. The molecule has 3 nitrogen and oxygen atoms in total. The molecule has 0 aliphatic carbocycles. The molecular weight excluding hydrogens is 416 g/mol. The van der Waals surface area contributed by atoms with Crippen molar-refractivity contribution in [1.82, 2.24) is 4.98 Å². The molecule has 162 valence electrons. The third-order valence-corrected chi connectivity index (χ3v) is 5.89.